The highest BCUT2D eigenvalue weighted by atomic mass is 32.2. The maximum absolute atomic E-state index is 12.1. The first kappa shape index (κ1) is 20.9. The van der Waals surface area contributed by atoms with Crippen LogP contribution < -0.4 is 5.32 Å². The van der Waals surface area contributed by atoms with Crippen LogP contribution in [0, 0.1) is 10.8 Å². The summed E-state index contributed by atoms with van der Waals surface area (Å²) in [4.78, 5) is 0. The van der Waals surface area contributed by atoms with Gasteiger partial charge in [0.05, 0.1) is 6.26 Å². The van der Waals surface area contributed by atoms with Gasteiger partial charge in [0.2, 0.25) is 10.0 Å². The van der Waals surface area contributed by atoms with Crippen LogP contribution in [0.3, 0.4) is 0 Å². The van der Waals surface area contributed by atoms with Crippen molar-refractivity contribution >= 4 is 10.0 Å². The second-order valence-electron chi connectivity index (χ2n) is 8.67. The highest BCUT2D eigenvalue weighted by Crippen LogP contribution is 2.24. The monoisotopic (exact) mass is 320 g/mol. The van der Waals surface area contributed by atoms with Gasteiger partial charge in [-0.25, -0.2) is 12.7 Å². The van der Waals surface area contributed by atoms with E-state index in [0.29, 0.717) is 19.1 Å². The first-order chi connectivity index (χ1) is 9.13. The van der Waals surface area contributed by atoms with Crippen LogP contribution in [0.2, 0.25) is 0 Å². The molecule has 0 aromatic rings. The van der Waals surface area contributed by atoms with Gasteiger partial charge < -0.3 is 5.32 Å². The molecule has 0 aromatic heterocycles. The molecule has 4 nitrogen and oxygen atoms in total. The summed E-state index contributed by atoms with van der Waals surface area (Å²) in [5.41, 5.74) is 0.139. The Balaban J connectivity index is 5.08. The minimum atomic E-state index is -3.19. The number of sulfonamides is 1. The molecule has 0 aliphatic rings. The van der Waals surface area contributed by atoms with E-state index >= 15 is 0 Å². The third-order valence-corrected chi connectivity index (χ3v) is 4.82. The Morgan fingerprint density at radius 3 is 1.81 bits per heavy atom. The first-order valence-electron chi connectivity index (χ1n) is 7.84. The molecular weight excluding hydrogens is 284 g/mol. The molecule has 0 aliphatic carbocycles. The van der Waals surface area contributed by atoms with E-state index in [-0.39, 0.29) is 16.9 Å². The van der Waals surface area contributed by atoms with Gasteiger partial charge in [-0.15, -0.1) is 0 Å². The van der Waals surface area contributed by atoms with Gasteiger partial charge in [0, 0.05) is 25.2 Å². The van der Waals surface area contributed by atoms with Crippen molar-refractivity contribution in [2.24, 2.45) is 10.8 Å². The molecule has 5 heteroatoms. The molecule has 0 aliphatic heterocycles. The van der Waals surface area contributed by atoms with Crippen molar-refractivity contribution in [3.8, 4) is 0 Å². The fourth-order valence-corrected chi connectivity index (χ4v) is 2.88. The molecular formula is C16H36N2O2S. The Kier molecular flexibility index (Phi) is 7.38. The van der Waals surface area contributed by atoms with Crippen LogP contribution in [0.25, 0.3) is 0 Å². The van der Waals surface area contributed by atoms with Gasteiger partial charge in [-0.2, -0.15) is 0 Å². The Morgan fingerprint density at radius 1 is 1.05 bits per heavy atom. The predicted molar refractivity (Wildman–Crippen MR) is 92.0 cm³/mol. The summed E-state index contributed by atoms with van der Waals surface area (Å²) >= 11 is 0. The van der Waals surface area contributed by atoms with Crippen LogP contribution in [0.1, 0.15) is 61.8 Å². The van der Waals surface area contributed by atoms with Crippen molar-refractivity contribution in [3.05, 3.63) is 0 Å². The van der Waals surface area contributed by atoms with Crippen molar-refractivity contribution in [1.29, 1.82) is 0 Å². The Bertz CT molecular complexity index is 403. The Labute approximate surface area is 132 Å². The van der Waals surface area contributed by atoms with Crippen LogP contribution in [-0.4, -0.2) is 44.2 Å². The number of rotatable bonds is 7. The van der Waals surface area contributed by atoms with E-state index in [1.165, 1.54) is 6.26 Å². The summed E-state index contributed by atoms with van der Waals surface area (Å²) in [5.74, 6) is 0. The van der Waals surface area contributed by atoms with Crippen molar-refractivity contribution < 1.29 is 8.42 Å². The Morgan fingerprint density at radius 2 is 1.52 bits per heavy atom. The molecule has 0 unspecified atom stereocenters. The second kappa shape index (κ2) is 7.42. The lowest BCUT2D eigenvalue weighted by atomic mass is 9.86. The minimum absolute atomic E-state index is 0.00887. The summed E-state index contributed by atoms with van der Waals surface area (Å²) in [6.45, 7) is 18.2. The molecule has 0 rings (SSSR count). The average molecular weight is 321 g/mol. The van der Waals surface area contributed by atoms with Crippen LogP contribution in [0.5, 0.6) is 0 Å². The van der Waals surface area contributed by atoms with E-state index in [1.807, 2.05) is 0 Å². The fourth-order valence-electron chi connectivity index (χ4n) is 2.04. The van der Waals surface area contributed by atoms with E-state index in [1.54, 1.807) is 4.31 Å². The SMILES string of the molecule is CC(C)N[C@H](CN(CCC(C)(C)C)S(C)(=O)=O)C(C)(C)C. The third-order valence-electron chi connectivity index (χ3n) is 3.55. The van der Waals surface area contributed by atoms with Crippen molar-refractivity contribution in [2.45, 2.75) is 73.9 Å². The second-order valence-corrected chi connectivity index (χ2v) is 10.7. The predicted octanol–water partition coefficient (Wildman–Crippen LogP) is 3.10. The van der Waals surface area contributed by atoms with Gasteiger partial charge in [-0.3, -0.25) is 0 Å². The van der Waals surface area contributed by atoms with Gasteiger partial charge in [0.15, 0.2) is 0 Å². The Hall–Kier alpha value is -0.130. The molecule has 0 amide bonds. The topological polar surface area (TPSA) is 49.4 Å². The fraction of sp³-hybridized carbons (Fsp3) is 1.00. The summed E-state index contributed by atoms with van der Waals surface area (Å²) in [5, 5.41) is 3.51. The van der Waals surface area contributed by atoms with Crippen molar-refractivity contribution in [1.82, 2.24) is 9.62 Å². The highest BCUT2D eigenvalue weighted by Gasteiger charge is 2.30. The molecule has 128 valence electrons. The van der Waals surface area contributed by atoms with Crippen LogP contribution in [-0.2, 0) is 10.0 Å². The molecule has 0 spiro atoms. The quantitative estimate of drug-likeness (QED) is 0.784. The van der Waals surface area contributed by atoms with Gasteiger partial charge >= 0.3 is 0 Å². The van der Waals surface area contributed by atoms with E-state index in [2.05, 4.69) is 60.7 Å². The number of nitrogens with zero attached hydrogens (tertiary/aromatic N) is 1. The van der Waals surface area contributed by atoms with E-state index < -0.39 is 10.0 Å². The lowest BCUT2D eigenvalue weighted by Gasteiger charge is -2.37. The van der Waals surface area contributed by atoms with Crippen molar-refractivity contribution in [2.75, 3.05) is 19.3 Å². The van der Waals surface area contributed by atoms with Gasteiger partial charge in [-0.1, -0.05) is 55.4 Å². The van der Waals surface area contributed by atoms with Crippen molar-refractivity contribution in [3.63, 3.8) is 0 Å². The third kappa shape index (κ3) is 9.48. The zero-order valence-corrected chi connectivity index (χ0v) is 16.3. The minimum Gasteiger partial charge on any atom is -0.310 e. The standard InChI is InChI=1S/C16H36N2O2S/c1-13(2)17-14(16(6,7)8)12-18(21(9,19)20)11-10-15(3,4)5/h13-14,17H,10-12H2,1-9H3/t14-/m1/s1. The maximum Gasteiger partial charge on any atom is 0.211 e. The molecule has 0 aromatic carbocycles. The van der Waals surface area contributed by atoms with Crippen LogP contribution in [0.4, 0.5) is 0 Å². The normalized spacial score (nSPS) is 15.8. The summed E-state index contributed by atoms with van der Waals surface area (Å²) in [6, 6.07) is 0.463. The van der Waals surface area contributed by atoms with Crippen LogP contribution >= 0.6 is 0 Å². The highest BCUT2D eigenvalue weighted by molar-refractivity contribution is 7.88. The molecule has 21 heavy (non-hydrogen) atoms. The lowest BCUT2D eigenvalue weighted by molar-refractivity contribution is 0.204. The molecule has 0 bridgehead atoms. The number of hydrogen-bond acceptors (Lipinski definition) is 3. The molecule has 0 heterocycles. The van der Waals surface area contributed by atoms with Gasteiger partial charge in [0.1, 0.15) is 0 Å². The number of nitrogens with one attached hydrogen (secondary N) is 1. The summed E-state index contributed by atoms with van der Waals surface area (Å²) in [6.07, 6.45) is 2.17. The van der Waals surface area contributed by atoms with Gasteiger partial charge in [0.25, 0.3) is 0 Å². The molecule has 0 saturated heterocycles. The molecule has 1 N–H and O–H groups in total. The molecule has 0 radical (unpaired) electrons. The smallest absolute Gasteiger partial charge is 0.211 e. The first-order valence-corrected chi connectivity index (χ1v) is 9.69. The van der Waals surface area contributed by atoms with Crippen LogP contribution in [0.15, 0.2) is 0 Å². The van der Waals surface area contributed by atoms with E-state index in [9.17, 15) is 8.42 Å². The lowest BCUT2D eigenvalue weighted by Crippen LogP contribution is -2.52. The molecule has 1 atom stereocenters. The summed E-state index contributed by atoms with van der Waals surface area (Å²) in [7, 11) is -3.19. The van der Waals surface area contributed by atoms with E-state index in [4.69, 9.17) is 0 Å². The molecule has 0 saturated carbocycles. The zero-order valence-electron chi connectivity index (χ0n) is 15.4. The zero-order chi connectivity index (χ0) is 17.1. The summed E-state index contributed by atoms with van der Waals surface area (Å²) < 4.78 is 25.8. The maximum atomic E-state index is 12.1. The average Bonchev–Trinajstić information content (AvgIpc) is 2.16. The largest absolute Gasteiger partial charge is 0.310 e. The van der Waals surface area contributed by atoms with Gasteiger partial charge in [-0.05, 0) is 17.3 Å². The number of hydrogen-bond donors (Lipinski definition) is 1. The molecule has 0 fully saturated rings. The van der Waals surface area contributed by atoms with E-state index in [0.717, 1.165) is 6.42 Å².